The molecule has 0 aliphatic carbocycles. The first-order valence-electron chi connectivity index (χ1n) is 10.7. The van der Waals surface area contributed by atoms with E-state index in [4.69, 9.17) is 0 Å². The molecule has 0 spiro atoms. The zero-order chi connectivity index (χ0) is 22.2. The molecule has 31 heavy (non-hydrogen) atoms. The Morgan fingerprint density at radius 1 is 1.06 bits per heavy atom. The topological polar surface area (TPSA) is 69.7 Å². The Labute approximate surface area is 186 Å². The molecule has 1 N–H and O–H groups in total. The van der Waals surface area contributed by atoms with Crippen molar-refractivity contribution in [3.05, 3.63) is 60.2 Å². The van der Waals surface area contributed by atoms with E-state index in [0.717, 1.165) is 36.1 Å². The molecular weight excluding hydrogens is 410 g/mol. The first-order valence-corrected chi connectivity index (χ1v) is 11.8. The molecule has 1 aliphatic rings. The Morgan fingerprint density at radius 2 is 1.74 bits per heavy atom. The van der Waals surface area contributed by atoms with Crippen molar-refractivity contribution < 1.29 is 13.2 Å². The number of likely N-dealkylation sites (tertiary alicyclic amines) is 1. The number of nitrogens with zero attached hydrogens (tertiary/aromatic N) is 2. The molecule has 1 saturated heterocycles. The van der Waals surface area contributed by atoms with Gasteiger partial charge in [-0.3, -0.25) is 0 Å². The maximum Gasteiger partial charge on any atom is 0.317 e. The molecule has 1 heterocycles. The van der Waals surface area contributed by atoms with Gasteiger partial charge in [-0.2, -0.15) is 8.42 Å². The number of likely N-dealkylation sites (N-methyl/N-ethyl adjacent to an activating group) is 1. The molecule has 1 atom stereocenters. The SMILES string of the molecule is CN(C)CCNC(=O)N1CCCC(C(Cc2ccc(-c3ccccc3)cc2)=S(=O)=O)C1. The van der Waals surface area contributed by atoms with Gasteiger partial charge in [0.1, 0.15) is 0 Å². The molecule has 1 fully saturated rings. The van der Waals surface area contributed by atoms with E-state index in [1.54, 1.807) is 4.90 Å². The second-order valence-electron chi connectivity index (χ2n) is 8.26. The predicted octanol–water partition coefficient (Wildman–Crippen LogP) is 2.93. The summed E-state index contributed by atoms with van der Waals surface area (Å²) in [6.45, 7) is 2.45. The zero-order valence-electron chi connectivity index (χ0n) is 18.3. The summed E-state index contributed by atoms with van der Waals surface area (Å²) in [5.41, 5.74) is 3.20. The predicted molar refractivity (Wildman–Crippen MR) is 126 cm³/mol. The highest BCUT2D eigenvalue weighted by Crippen LogP contribution is 2.22. The second kappa shape index (κ2) is 11.1. The number of nitrogens with one attached hydrogen (secondary N) is 1. The van der Waals surface area contributed by atoms with Gasteiger partial charge in [0.05, 0.1) is 4.86 Å². The third kappa shape index (κ3) is 6.67. The molecule has 166 valence electrons. The Kier molecular flexibility index (Phi) is 8.26. The van der Waals surface area contributed by atoms with Crippen LogP contribution in [0.3, 0.4) is 0 Å². The fourth-order valence-electron chi connectivity index (χ4n) is 3.91. The van der Waals surface area contributed by atoms with E-state index in [-0.39, 0.29) is 11.9 Å². The zero-order valence-corrected chi connectivity index (χ0v) is 19.1. The fraction of sp³-hybridized carbons (Fsp3) is 0.417. The van der Waals surface area contributed by atoms with Crippen molar-refractivity contribution in [1.29, 1.82) is 0 Å². The highest BCUT2D eigenvalue weighted by atomic mass is 32.2. The van der Waals surface area contributed by atoms with Gasteiger partial charge < -0.3 is 15.1 Å². The number of benzene rings is 2. The van der Waals surface area contributed by atoms with E-state index in [1.807, 2.05) is 61.5 Å². The molecule has 2 amide bonds. The third-order valence-corrected chi connectivity index (χ3v) is 6.56. The molecule has 2 aromatic rings. The van der Waals surface area contributed by atoms with Crippen LogP contribution < -0.4 is 5.32 Å². The standard InChI is InChI=1S/C24H31N3O3S/c1-26(2)16-14-25-24(28)27-15-6-9-22(18-27)23(31(29)30)17-19-10-12-21(13-11-19)20-7-4-3-5-8-20/h3-5,7-8,10-13,22H,6,9,14-18H2,1-2H3,(H,25,28). The van der Waals surface area contributed by atoms with Crippen molar-refractivity contribution in [2.75, 3.05) is 40.3 Å². The van der Waals surface area contributed by atoms with Crippen molar-refractivity contribution >= 4 is 21.2 Å². The van der Waals surface area contributed by atoms with Crippen LogP contribution in [0, 0.1) is 5.92 Å². The van der Waals surface area contributed by atoms with Crippen LogP contribution in [0.1, 0.15) is 18.4 Å². The lowest BCUT2D eigenvalue weighted by Crippen LogP contribution is -2.48. The average molecular weight is 442 g/mol. The maximum atomic E-state index is 12.5. The van der Waals surface area contributed by atoms with E-state index < -0.39 is 10.3 Å². The van der Waals surface area contributed by atoms with Gasteiger partial charge in [0.15, 0.2) is 0 Å². The maximum absolute atomic E-state index is 12.5. The van der Waals surface area contributed by atoms with E-state index in [1.165, 1.54) is 0 Å². The Bertz CT molecular complexity index is 994. The van der Waals surface area contributed by atoms with Crippen molar-refractivity contribution in [2.45, 2.75) is 19.3 Å². The molecular formula is C24H31N3O3S. The molecule has 3 rings (SSSR count). The molecule has 0 saturated carbocycles. The molecule has 7 heteroatoms. The molecule has 2 aromatic carbocycles. The van der Waals surface area contributed by atoms with Gasteiger partial charge in [-0.15, -0.1) is 0 Å². The van der Waals surface area contributed by atoms with Crippen LogP contribution in [-0.4, -0.2) is 69.4 Å². The van der Waals surface area contributed by atoms with Gasteiger partial charge in [-0.05, 0) is 43.6 Å². The molecule has 0 radical (unpaired) electrons. The monoisotopic (exact) mass is 441 g/mol. The van der Waals surface area contributed by atoms with E-state index in [2.05, 4.69) is 17.4 Å². The molecule has 0 aromatic heterocycles. The van der Waals surface area contributed by atoms with Gasteiger partial charge in [-0.1, -0.05) is 54.6 Å². The van der Waals surface area contributed by atoms with Gasteiger partial charge in [0.25, 0.3) is 0 Å². The van der Waals surface area contributed by atoms with Crippen LogP contribution in [0.4, 0.5) is 4.79 Å². The summed E-state index contributed by atoms with van der Waals surface area (Å²) in [4.78, 5) is 16.7. The van der Waals surface area contributed by atoms with Gasteiger partial charge in [-0.25, -0.2) is 4.79 Å². The highest BCUT2D eigenvalue weighted by Gasteiger charge is 2.27. The Hall–Kier alpha value is -2.64. The van der Waals surface area contributed by atoms with Crippen molar-refractivity contribution in [1.82, 2.24) is 15.1 Å². The average Bonchev–Trinajstić information content (AvgIpc) is 2.78. The smallest absolute Gasteiger partial charge is 0.317 e. The number of amides is 2. The third-order valence-electron chi connectivity index (χ3n) is 5.65. The van der Waals surface area contributed by atoms with E-state index in [9.17, 15) is 13.2 Å². The first-order chi connectivity index (χ1) is 14.9. The number of hydrogen-bond acceptors (Lipinski definition) is 4. The Morgan fingerprint density at radius 3 is 2.39 bits per heavy atom. The van der Waals surface area contributed by atoms with Crippen LogP contribution in [0.2, 0.25) is 0 Å². The van der Waals surface area contributed by atoms with E-state index in [0.29, 0.717) is 30.9 Å². The molecule has 6 nitrogen and oxygen atoms in total. The lowest BCUT2D eigenvalue weighted by Gasteiger charge is -2.33. The minimum atomic E-state index is -2.28. The van der Waals surface area contributed by atoms with Crippen LogP contribution in [0.5, 0.6) is 0 Å². The normalized spacial score (nSPS) is 16.2. The summed E-state index contributed by atoms with van der Waals surface area (Å²) in [5.74, 6) is -0.138. The number of carbonyl (C=O) groups excluding carboxylic acids is 1. The minimum absolute atomic E-state index is 0.116. The van der Waals surface area contributed by atoms with E-state index >= 15 is 0 Å². The van der Waals surface area contributed by atoms with Gasteiger partial charge in [0.2, 0.25) is 10.3 Å². The summed E-state index contributed by atoms with van der Waals surface area (Å²) in [7, 11) is 1.64. The number of urea groups is 1. The Balaban J connectivity index is 1.65. The van der Waals surface area contributed by atoms with Crippen molar-refractivity contribution in [3.63, 3.8) is 0 Å². The van der Waals surface area contributed by atoms with Gasteiger partial charge in [0, 0.05) is 38.5 Å². The summed E-state index contributed by atoms with van der Waals surface area (Å²) in [5, 5.41) is 2.93. The molecule has 0 bridgehead atoms. The van der Waals surface area contributed by atoms with Crippen LogP contribution in [0.15, 0.2) is 54.6 Å². The highest BCUT2D eigenvalue weighted by molar-refractivity contribution is 7.73. The number of carbonyl (C=O) groups is 1. The molecule has 1 unspecified atom stereocenters. The summed E-state index contributed by atoms with van der Waals surface area (Å²) < 4.78 is 24.1. The van der Waals surface area contributed by atoms with Crippen LogP contribution in [0.25, 0.3) is 11.1 Å². The number of rotatable bonds is 7. The quantitative estimate of drug-likeness (QED) is 0.671. The lowest BCUT2D eigenvalue weighted by molar-refractivity contribution is 0.177. The number of piperidine rings is 1. The van der Waals surface area contributed by atoms with Crippen LogP contribution in [-0.2, 0) is 16.7 Å². The van der Waals surface area contributed by atoms with Gasteiger partial charge >= 0.3 is 6.03 Å². The largest absolute Gasteiger partial charge is 0.337 e. The minimum Gasteiger partial charge on any atom is -0.337 e. The summed E-state index contributed by atoms with van der Waals surface area (Å²) in [6.07, 6.45) is 1.97. The summed E-state index contributed by atoms with van der Waals surface area (Å²) in [6, 6.07) is 18.0. The fourth-order valence-corrected chi connectivity index (χ4v) is 4.66. The number of hydrogen-bond donors (Lipinski definition) is 1. The molecule has 1 aliphatic heterocycles. The van der Waals surface area contributed by atoms with Crippen molar-refractivity contribution in [3.8, 4) is 11.1 Å². The lowest BCUT2D eigenvalue weighted by atomic mass is 9.91. The van der Waals surface area contributed by atoms with Crippen molar-refractivity contribution in [2.24, 2.45) is 5.92 Å². The van der Waals surface area contributed by atoms with Crippen LogP contribution >= 0.6 is 0 Å². The first kappa shape index (κ1) is 23.0. The second-order valence-corrected chi connectivity index (χ2v) is 9.25. The summed E-state index contributed by atoms with van der Waals surface area (Å²) >= 11 is 0.